The minimum atomic E-state index is -0.480. The van der Waals surface area contributed by atoms with E-state index in [-0.39, 0.29) is 17.2 Å². The number of carbonyl (C=O) groups excluding carboxylic acids is 1. The maximum absolute atomic E-state index is 13.5. The van der Waals surface area contributed by atoms with Crippen LogP contribution < -0.4 is 4.90 Å². The predicted molar refractivity (Wildman–Crippen MR) is 126 cm³/mol. The molecule has 1 heterocycles. The lowest BCUT2D eigenvalue weighted by atomic mass is 10.1. The number of nitrogens with zero attached hydrogens (tertiary/aromatic N) is 5. The summed E-state index contributed by atoms with van der Waals surface area (Å²) in [6, 6.07) is 23.7. The maximum Gasteiger partial charge on any atom is 0.284 e. The summed E-state index contributed by atoms with van der Waals surface area (Å²) in [5, 5.41) is 20.1. The number of amides is 1. The number of hydrogen-bond acceptors (Lipinski definition) is 6. The predicted octanol–water partition coefficient (Wildman–Crippen LogP) is 4.76. The molecule has 0 aliphatic heterocycles. The van der Waals surface area contributed by atoms with E-state index in [1.807, 2.05) is 60.7 Å². The highest BCUT2D eigenvalue weighted by Gasteiger charge is 2.23. The molecule has 0 aliphatic rings. The summed E-state index contributed by atoms with van der Waals surface area (Å²) in [5.74, 6) is -0.296. The molecule has 0 saturated carbocycles. The molecule has 0 aliphatic carbocycles. The molecule has 0 N–H and O–H groups in total. The first-order valence-electron chi connectivity index (χ1n) is 10.2. The summed E-state index contributed by atoms with van der Waals surface area (Å²) >= 11 is 1.13. The Labute approximate surface area is 195 Å². The molecule has 3 aromatic carbocycles. The minimum absolute atomic E-state index is 0.148. The van der Waals surface area contributed by atoms with Gasteiger partial charge in [0.2, 0.25) is 0 Å². The van der Waals surface area contributed by atoms with Gasteiger partial charge in [-0.15, -0.1) is 10.2 Å². The Morgan fingerprint density at radius 3 is 2.39 bits per heavy atom. The van der Waals surface area contributed by atoms with Gasteiger partial charge in [0.15, 0.2) is 5.16 Å². The molecule has 0 saturated heterocycles. The van der Waals surface area contributed by atoms with Gasteiger partial charge >= 0.3 is 0 Å². The van der Waals surface area contributed by atoms with Crippen molar-refractivity contribution in [2.45, 2.75) is 16.5 Å². The van der Waals surface area contributed by atoms with Crippen molar-refractivity contribution in [3.63, 3.8) is 0 Å². The number of nitro groups is 1. The number of rotatable bonds is 8. The van der Waals surface area contributed by atoms with Gasteiger partial charge in [-0.3, -0.25) is 14.9 Å². The molecule has 0 unspecified atom stereocenters. The van der Waals surface area contributed by atoms with Crippen LogP contribution in [0, 0.1) is 10.1 Å². The molecule has 1 amide bonds. The average Bonchev–Trinajstić information content (AvgIpc) is 3.24. The van der Waals surface area contributed by atoms with Gasteiger partial charge in [0.1, 0.15) is 6.33 Å². The normalized spacial score (nSPS) is 10.7. The lowest BCUT2D eigenvalue weighted by Gasteiger charge is -2.23. The molecule has 0 spiro atoms. The molecule has 9 heteroatoms. The monoisotopic (exact) mass is 459 g/mol. The quantitative estimate of drug-likeness (QED) is 0.278. The molecular formula is C24H21N5O3S. The topological polar surface area (TPSA) is 94.2 Å². The van der Waals surface area contributed by atoms with Crippen LogP contribution in [0.2, 0.25) is 0 Å². The zero-order valence-electron chi connectivity index (χ0n) is 17.9. The molecule has 4 aromatic rings. The van der Waals surface area contributed by atoms with Crippen LogP contribution in [0.5, 0.6) is 0 Å². The van der Waals surface area contributed by atoms with Gasteiger partial charge in [0.25, 0.3) is 11.6 Å². The van der Waals surface area contributed by atoms with Crippen molar-refractivity contribution in [3.05, 3.63) is 106 Å². The van der Waals surface area contributed by atoms with E-state index >= 15 is 0 Å². The number of carbonyl (C=O) groups is 1. The van der Waals surface area contributed by atoms with Crippen LogP contribution in [0.25, 0.3) is 0 Å². The first-order chi connectivity index (χ1) is 16.0. The van der Waals surface area contributed by atoms with Crippen molar-refractivity contribution >= 4 is 29.0 Å². The zero-order chi connectivity index (χ0) is 23.2. The fourth-order valence-electron chi connectivity index (χ4n) is 3.34. The molecule has 0 bridgehead atoms. The molecule has 0 atom stereocenters. The third kappa shape index (κ3) is 5.27. The second kappa shape index (κ2) is 10.1. The highest BCUT2D eigenvalue weighted by atomic mass is 32.2. The Bertz CT molecular complexity index is 1260. The smallest absolute Gasteiger partial charge is 0.284 e. The van der Waals surface area contributed by atoms with Crippen molar-refractivity contribution in [1.82, 2.24) is 14.8 Å². The number of aryl methyl sites for hydroxylation is 1. The highest BCUT2D eigenvalue weighted by molar-refractivity contribution is 7.99. The van der Waals surface area contributed by atoms with Gasteiger partial charge in [0, 0.05) is 30.9 Å². The largest absolute Gasteiger partial charge is 0.311 e. The number of hydrogen-bond donors (Lipinski definition) is 0. The molecule has 33 heavy (non-hydrogen) atoms. The summed E-state index contributed by atoms with van der Waals surface area (Å²) in [6.07, 6.45) is 2.18. The van der Waals surface area contributed by atoms with E-state index < -0.39 is 4.92 Å². The lowest BCUT2D eigenvalue weighted by Crippen LogP contribution is -2.33. The van der Waals surface area contributed by atoms with E-state index in [2.05, 4.69) is 10.2 Å². The maximum atomic E-state index is 13.5. The van der Waals surface area contributed by atoms with Crippen molar-refractivity contribution in [2.75, 3.05) is 11.4 Å². The number of para-hydroxylation sites is 1. The van der Waals surface area contributed by atoms with Crippen molar-refractivity contribution in [1.29, 1.82) is 0 Å². The van der Waals surface area contributed by atoms with Crippen LogP contribution in [0.3, 0.4) is 0 Å². The number of anilines is 1. The Balaban J connectivity index is 1.64. The Morgan fingerprint density at radius 2 is 1.76 bits per heavy atom. The Morgan fingerprint density at radius 1 is 1.06 bits per heavy atom. The van der Waals surface area contributed by atoms with Gasteiger partial charge in [-0.1, -0.05) is 48.5 Å². The second-order valence-corrected chi connectivity index (χ2v) is 8.30. The summed E-state index contributed by atoms with van der Waals surface area (Å²) < 4.78 is 1.67. The van der Waals surface area contributed by atoms with Gasteiger partial charge < -0.3 is 9.47 Å². The molecule has 0 fully saturated rings. The average molecular weight is 460 g/mol. The zero-order valence-corrected chi connectivity index (χ0v) is 18.7. The van der Waals surface area contributed by atoms with Crippen LogP contribution in [-0.2, 0) is 13.5 Å². The number of benzene rings is 3. The van der Waals surface area contributed by atoms with Crippen LogP contribution in [0.4, 0.5) is 11.4 Å². The fraction of sp³-hybridized carbons (Fsp3) is 0.125. The number of aromatic nitrogens is 3. The molecule has 166 valence electrons. The van der Waals surface area contributed by atoms with Crippen LogP contribution in [0.1, 0.15) is 15.9 Å². The van der Waals surface area contributed by atoms with Crippen LogP contribution >= 0.6 is 11.8 Å². The fourth-order valence-corrected chi connectivity index (χ4v) is 4.19. The summed E-state index contributed by atoms with van der Waals surface area (Å²) in [5.41, 5.74) is 1.94. The molecule has 8 nitrogen and oxygen atoms in total. The molecular weight excluding hydrogens is 438 g/mol. The van der Waals surface area contributed by atoms with E-state index in [9.17, 15) is 14.9 Å². The third-order valence-corrected chi connectivity index (χ3v) is 6.17. The van der Waals surface area contributed by atoms with Crippen LogP contribution in [0.15, 0.2) is 95.2 Å². The van der Waals surface area contributed by atoms with Crippen molar-refractivity contribution in [2.24, 2.45) is 7.05 Å². The summed E-state index contributed by atoms with van der Waals surface area (Å²) in [7, 11) is 1.76. The highest BCUT2D eigenvalue weighted by Crippen LogP contribution is 2.34. The minimum Gasteiger partial charge on any atom is -0.311 e. The van der Waals surface area contributed by atoms with Crippen LogP contribution in [-0.4, -0.2) is 32.1 Å². The SMILES string of the molecule is Cn1cnnc1Sc1ccc(C(=O)N(CCc2ccccc2)c2ccccc2)cc1[N+](=O)[O-]. The van der Waals surface area contributed by atoms with Gasteiger partial charge in [-0.2, -0.15) is 0 Å². The molecule has 4 rings (SSSR count). The van der Waals surface area contributed by atoms with Crippen molar-refractivity contribution < 1.29 is 9.72 Å². The van der Waals surface area contributed by atoms with E-state index in [0.29, 0.717) is 23.0 Å². The Kier molecular flexibility index (Phi) is 6.80. The lowest BCUT2D eigenvalue weighted by molar-refractivity contribution is -0.387. The van der Waals surface area contributed by atoms with Gasteiger partial charge in [0.05, 0.1) is 9.82 Å². The molecule has 1 aromatic heterocycles. The first kappa shape index (κ1) is 22.2. The van der Waals surface area contributed by atoms with E-state index in [1.54, 1.807) is 28.6 Å². The second-order valence-electron chi connectivity index (χ2n) is 7.29. The Hall–Kier alpha value is -3.98. The van der Waals surface area contributed by atoms with E-state index in [1.165, 1.54) is 12.4 Å². The summed E-state index contributed by atoms with van der Waals surface area (Å²) in [6.45, 7) is 0.441. The van der Waals surface area contributed by atoms with E-state index in [4.69, 9.17) is 0 Å². The molecule has 0 radical (unpaired) electrons. The first-order valence-corrected chi connectivity index (χ1v) is 11.1. The van der Waals surface area contributed by atoms with Gasteiger partial charge in [-0.05, 0) is 48.0 Å². The van der Waals surface area contributed by atoms with Crippen molar-refractivity contribution in [3.8, 4) is 0 Å². The number of nitro benzene ring substituents is 1. The summed E-state index contributed by atoms with van der Waals surface area (Å²) in [4.78, 5) is 26.8. The standard InChI is InChI=1S/C24H21N5O3S/c1-27-17-25-26-24(27)33-22-13-12-19(16-21(22)29(31)32)23(30)28(20-10-6-3-7-11-20)15-14-18-8-4-2-5-9-18/h2-13,16-17H,14-15H2,1H3. The third-order valence-electron chi connectivity index (χ3n) is 5.05. The van der Waals surface area contributed by atoms with E-state index in [0.717, 1.165) is 23.0 Å². The van der Waals surface area contributed by atoms with Gasteiger partial charge in [-0.25, -0.2) is 0 Å².